The highest BCUT2D eigenvalue weighted by Gasteiger charge is 2.17. The fraction of sp³-hybridized carbons (Fsp3) is 0.222. The van der Waals surface area contributed by atoms with Crippen LogP contribution in [0.2, 0.25) is 0 Å². The summed E-state index contributed by atoms with van der Waals surface area (Å²) in [6.07, 6.45) is 9.02. The van der Waals surface area contributed by atoms with E-state index in [-0.39, 0.29) is 11.9 Å². The molecule has 24 heavy (non-hydrogen) atoms. The van der Waals surface area contributed by atoms with E-state index in [4.69, 9.17) is 0 Å². The van der Waals surface area contributed by atoms with Crippen LogP contribution in [0.1, 0.15) is 34.3 Å². The van der Waals surface area contributed by atoms with Gasteiger partial charge in [0, 0.05) is 31.3 Å². The molecule has 0 spiro atoms. The molecule has 3 rings (SSSR count). The molecule has 0 bridgehead atoms. The summed E-state index contributed by atoms with van der Waals surface area (Å²) in [5.74, 6) is 0.737. The first-order chi connectivity index (χ1) is 11.7. The van der Waals surface area contributed by atoms with Gasteiger partial charge in [-0.3, -0.25) is 9.78 Å². The first-order valence-corrected chi connectivity index (χ1v) is 7.83. The van der Waals surface area contributed by atoms with Crippen molar-refractivity contribution in [2.75, 3.05) is 0 Å². The maximum absolute atomic E-state index is 12.4. The van der Waals surface area contributed by atoms with E-state index < -0.39 is 0 Å². The minimum atomic E-state index is -0.223. The monoisotopic (exact) mass is 321 g/mol. The van der Waals surface area contributed by atoms with Crippen molar-refractivity contribution in [3.05, 3.63) is 78.4 Å². The van der Waals surface area contributed by atoms with Gasteiger partial charge in [0.15, 0.2) is 0 Å². The third-order valence-corrected chi connectivity index (χ3v) is 3.89. The summed E-state index contributed by atoms with van der Waals surface area (Å²) in [4.78, 5) is 24.7. The predicted octanol–water partition coefficient (Wildman–Crippen LogP) is 2.54. The molecule has 6 nitrogen and oxygen atoms in total. The summed E-state index contributed by atoms with van der Waals surface area (Å²) in [5, 5.41) is 3.06. The summed E-state index contributed by atoms with van der Waals surface area (Å²) in [5.41, 5.74) is 1.38. The lowest BCUT2D eigenvalue weighted by Gasteiger charge is -2.19. The van der Waals surface area contributed by atoms with Gasteiger partial charge < -0.3 is 9.88 Å². The zero-order chi connectivity index (χ0) is 16.8. The quantitative estimate of drug-likeness (QED) is 0.757. The lowest BCUT2D eigenvalue weighted by molar-refractivity contribution is 0.0928. The Balaban J connectivity index is 1.75. The number of carbonyl (C=O) groups excluding carboxylic acids is 1. The van der Waals surface area contributed by atoms with Gasteiger partial charge in [-0.05, 0) is 18.9 Å². The number of rotatable bonds is 6. The minimum absolute atomic E-state index is 0.109. The molecule has 1 unspecified atom stereocenters. The number of imidazole rings is 1. The van der Waals surface area contributed by atoms with Gasteiger partial charge in [0.05, 0.1) is 12.2 Å². The Morgan fingerprint density at radius 2 is 2.00 bits per heavy atom. The molecule has 0 aliphatic heterocycles. The number of benzene rings is 1. The Kier molecular flexibility index (Phi) is 4.96. The number of aryl methyl sites for hydroxylation is 2. The van der Waals surface area contributed by atoms with Crippen molar-refractivity contribution in [3.8, 4) is 0 Å². The summed E-state index contributed by atoms with van der Waals surface area (Å²) in [6.45, 7) is 2.74. The Morgan fingerprint density at radius 3 is 2.67 bits per heavy atom. The molecule has 1 N–H and O–H groups in total. The molecule has 0 saturated heterocycles. The molecule has 1 atom stereocenters. The fourth-order valence-electron chi connectivity index (χ4n) is 2.56. The van der Waals surface area contributed by atoms with Crippen molar-refractivity contribution in [2.45, 2.75) is 25.9 Å². The highest BCUT2D eigenvalue weighted by atomic mass is 16.1. The van der Waals surface area contributed by atoms with Crippen molar-refractivity contribution >= 4 is 5.91 Å². The van der Waals surface area contributed by atoms with Crippen molar-refractivity contribution in [1.29, 1.82) is 0 Å². The zero-order valence-corrected chi connectivity index (χ0v) is 13.5. The number of nitrogens with zero attached hydrogens (tertiary/aromatic N) is 4. The molecule has 0 aliphatic rings. The molecular formula is C18H19N5O. The van der Waals surface area contributed by atoms with Crippen LogP contribution in [-0.4, -0.2) is 25.4 Å². The van der Waals surface area contributed by atoms with Crippen molar-refractivity contribution in [2.24, 2.45) is 0 Å². The first-order valence-electron chi connectivity index (χ1n) is 7.83. The molecule has 0 saturated carbocycles. The van der Waals surface area contributed by atoms with E-state index in [2.05, 4.69) is 24.8 Å². The average molecular weight is 321 g/mol. The maximum atomic E-state index is 12.4. The standard InChI is InChI=1S/C18H19N5O/c1-14-20-10-12-23(14)11-7-16(15-5-3-2-4-6-15)22-18(24)17-13-19-8-9-21-17/h2-6,8-10,12-13,16H,7,11H2,1H3,(H,22,24). The van der Waals surface area contributed by atoms with Gasteiger partial charge in [0.2, 0.25) is 0 Å². The zero-order valence-electron chi connectivity index (χ0n) is 13.5. The van der Waals surface area contributed by atoms with Crippen LogP contribution in [0.3, 0.4) is 0 Å². The second kappa shape index (κ2) is 7.50. The number of amides is 1. The van der Waals surface area contributed by atoms with Gasteiger partial charge in [0.1, 0.15) is 11.5 Å². The van der Waals surface area contributed by atoms with Crippen LogP contribution in [0.25, 0.3) is 0 Å². The number of carbonyl (C=O) groups is 1. The third-order valence-electron chi connectivity index (χ3n) is 3.89. The molecule has 1 aromatic carbocycles. The van der Waals surface area contributed by atoms with Crippen LogP contribution in [0, 0.1) is 6.92 Å². The van der Waals surface area contributed by atoms with Gasteiger partial charge in [0.25, 0.3) is 5.91 Å². The number of nitrogens with one attached hydrogen (secondary N) is 1. The van der Waals surface area contributed by atoms with Crippen molar-refractivity contribution in [3.63, 3.8) is 0 Å². The topological polar surface area (TPSA) is 72.7 Å². The van der Waals surface area contributed by atoms with Crippen LogP contribution in [0.4, 0.5) is 0 Å². The van der Waals surface area contributed by atoms with E-state index in [0.717, 1.165) is 24.4 Å². The van der Waals surface area contributed by atoms with Crippen LogP contribution in [-0.2, 0) is 6.54 Å². The minimum Gasteiger partial charge on any atom is -0.344 e. The molecule has 2 heterocycles. The number of hydrogen-bond donors (Lipinski definition) is 1. The smallest absolute Gasteiger partial charge is 0.271 e. The van der Waals surface area contributed by atoms with Gasteiger partial charge >= 0.3 is 0 Å². The van der Waals surface area contributed by atoms with E-state index in [9.17, 15) is 4.79 Å². The summed E-state index contributed by atoms with van der Waals surface area (Å²) < 4.78 is 2.07. The summed E-state index contributed by atoms with van der Waals surface area (Å²) in [7, 11) is 0. The molecule has 122 valence electrons. The lowest BCUT2D eigenvalue weighted by Crippen LogP contribution is -2.30. The largest absolute Gasteiger partial charge is 0.344 e. The van der Waals surface area contributed by atoms with Crippen LogP contribution < -0.4 is 5.32 Å². The molecule has 0 fully saturated rings. The van der Waals surface area contributed by atoms with E-state index in [1.165, 1.54) is 12.4 Å². The van der Waals surface area contributed by atoms with Crippen molar-refractivity contribution < 1.29 is 4.79 Å². The molecular weight excluding hydrogens is 302 g/mol. The van der Waals surface area contributed by atoms with E-state index >= 15 is 0 Å². The molecule has 1 amide bonds. The summed E-state index contributed by atoms with van der Waals surface area (Å²) in [6, 6.07) is 9.83. The Morgan fingerprint density at radius 1 is 1.17 bits per heavy atom. The Bertz CT molecular complexity index is 785. The van der Waals surface area contributed by atoms with E-state index in [0.29, 0.717) is 5.69 Å². The molecule has 0 radical (unpaired) electrons. The van der Waals surface area contributed by atoms with Crippen LogP contribution in [0.5, 0.6) is 0 Å². The maximum Gasteiger partial charge on any atom is 0.271 e. The third kappa shape index (κ3) is 3.84. The molecule has 6 heteroatoms. The van der Waals surface area contributed by atoms with Gasteiger partial charge in [-0.15, -0.1) is 0 Å². The van der Waals surface area contributed by atoms with Gasteiger partial charge in [-0.2, -0.15) is 0 Å². The lowest BCUT2D eigenvalue weighted by atomic mass is 10.0. The summed E-state index contributed by atoms with van der Waals surface area (Å²) >= 11 is 0. The average Bonchev–Trinajstić information content (AvgIpc) is 3.05. The SMILES string of the molecule is Cc1nccn1CCC(NC(=O)c1cnccn1)c1ccccc1. The Labute approximate surface area is 140 Å². The normalized spacial score (nSPS) is 11.9. The van der Waals surface area contributed by atoms with Gasteiger partial charge in [-0.25, -0.2) is 9.97 Å². The molecule has 0 aliphatic carbocycles. The number of hydrogen-bond acceptors (Lipinski definition) is 4. The van der Waals surface area contributed by atoms with E-state index in [1.54, 1.807) is 12.4 Å². The molecule has 3 aromatic rings. The van der Waals surface area contributed by atoms with Gasteiger partial charge in [-0.1, -0.05) is 30.3 Å². The Hall–Kier alpha value is -3.02. The highest BCUT2D eigenvalue weighted by Crippen LogP contribution is 2.18. The van der Waals surface area contributed by atoms with Crippen LogP contribution >= 0.6 is 0 Å². The second-order valence-electron chi connectivity index (χ2n) is 5.48. The predicted molar refractivity (Wildman–Crippen MR) is 90.3 cm³/mol. The first kappa shape index (κ1) is 15.9. The molecule has 2 aromatic heterocycles. The second-order valence-corrected chi connectivity index (χ2v) is 5.48. The highest BCUT2D eigenvalue weighted by molar-refractivity contribution is 5.92. The van der Waals surface area contributed by atoms with E-state index in [1.807, 2.05) is 43.5 Å². The van der Waals surface area contributed by atoms with Crippen LogP contribution in [0.15, 0.2) is 61.3 Å². The van der Waals surface area contributed by atoms with Crippen molar-refractivity contribution in [1.82, 2.24) is 24.8 Å². The number of aromatic nitrogens is 4. The fourth-order valence-corrected chi connectivity index (χ4v) is 2.56.